The maximum absolute atomic E-state index is 10.2. The molecule has 70 valence electrons. The highest BCUT2D eigenvalue weighted by atomic mass is 16.1. The predicted molar refractivity (Wildman–Crippen MR) is 56.1 cm³/mol. The normalized spacial score (nSPS) is 10.3. The number of hydrogen-bond donors (Lipinski definition) is 0. The molecule has 0 saturated carbocycles. The van der Waals surface area contributed by atoms with Crippen molar-refractivity contribution in [3.05, 3.63) is 42.1 Å². The summed E-state index contributed by atoms with van der Waals surface area (Å²) < 4.78 is 0. The fourth-order valence-corrected chi connectivity index (χ4v) is 1.49. The summed E-state index contributed by atoms with van der Waals surface area (Å²) in [5.74, 6) is 0. The Balaban J connectivity index is 2.36. The molecule has 1 aromatic carbocycles. The molecule has 0 bridgehead atoms. The van der Waals surface area contributed by atoms with Crippen molar-refractivity contribution in [3.8, 4) is 0 Å². The lowest BCUT2D eigenvalue weighted by atomic mass is 10.1. The lowest BCUT2D eigenvalue weighted by Crippen LogP contribution is -1.87. The number of hydrogen-bond acceptors (Lipinski definition) is 2. The number of nitrogens with zero attached hydrogens (tertiary/aromatic N) is 1. The molecule has 2 nitrogen and oxygen atoms in total. The zero-order valence-electron chi connectivity index (χ0n) is 7.81. The third kappa shape index (κ3) is 1.79. The number of aldehydes is 1. The summed E-state index contributed by atoms with van der Waals surface area (Å²) in [5, 5.41) is 1.14. The Hall–Kier alpha value is -1.70. The lowest BCUT2D eigenvalue weighted by Gasteiger charge is -2.00. The van der Waals surface area contributed by atoms with Crippen molar-refractivity contribution in [3.63, 3.8) is 0 Å². The quantitative estimate of drug-likeness (QED) is 0.687. The van der Waals surface area contributed by atoms with Gasteiger partial charge in [-0.2, -0.15) is 0 Å². The Morgan fingerprint density at radius 1 is 1.29 bits per heavy atom. The molecule has 0 radical (unpaired) electrons. The van der Waals surface area contributed by atoms with Gasteiger partial charge in [-0.3, -0.25) is 4.98 Å². The minimum Gasteiger partial charge on any atom is -0.303 e. The highest BCUT2D eigenvalue weighted by molar-refractivity contribution is 5.78. The van der Waals surface area contributed by atoms with Gasteiger partial charge in [0.25, 0.3) is 0 Å². The van der Waals surface area contributed by atoms with E-state index in [1.165, 1.54) is 5.56 Å². The van der Waals surface area contributed by atoms with Crippen molar-refractivity contribution in [1.29, 1.82) is 0 Å². The average Bonchev–Trinajstić information content (AvgIpc) is 2.26. The minimum atomic E-state index is 0.582. The van der Waals surface area contributed by atoms with Crippen LogP contribution < -0.4 is 0 Å². The summed E-state index contributed by atoms with van der Waals surface area (Å²) in [7, 11) is 0. The van der Waals surface area contributed by atoms with E-state index >= 15 is 0 Å². The van der Waals surface area contributed by atoms with Crippen LogP contribution in [0.1, 0.15) is 12.0 Å². The smallest absolute Gasteiger partial charge is 0.120 e. The number of pyridine rings is 1. The van der Waals surface area contributed by atoms with E-state index < -0.39 is 0 Å². The fraction of sp³-hybridized carbons (Fsp3) is 0.167. The van der Waals surface area contributed by atoms with Crippen LogP contribution in [0.2, 0.25) is 0 Å². The number of rotatable bonds is 3. The van der Waals surface area contributed by atoms with Crippen LogP contribution in [0.3, 0.4) is 0 Å². The van der Waals surface area contributed by atoms with Crippen LogP contribution in [0.5, 0.6) is 0 Å². The highest BCUT2D eigenvalue weighted by Crippen LogP contribution is 2.13. The van der Waals surface area contributed by atoms with Gasteiger partial charge in [-0.15, -0.1) is 0 Å². The van der Waals surface area contributed by atoms with E-state index in [1.807, 2.05) is 30.3 Å². The molecule has 2 heteroatoms. The first kappa shape index (κ1) is 8.88. The molecule has 0 aliphatic heterocycles. The molecule has 0 N–H and O–H groups in total. The first-order valence-corrected chi connectivity index (χ1v) is 4.67. The van der Waals surface area contributed by atoms with Gasteiger partial charge in [0.2, 0.25) is 0 Å². The molecule has 0 unspecified atom stereocenters. The number of aromatic nitrogens is 1. The van der Waals surface area contributed by atoms with Gasteiger partial charge in [0, 0.05) is 18.0 Å². The van der Waals surface area contributed by atoms with Gasteiger partial charge in [-0.25, -0.2) is 0 Å². The average molecular weight is 185 g/mol. The molecular formula is C12H11NO. The SMILES string of the molecule is O=CCCc1ccc2cccnc2c1. The number of carbonyl (C=O) groups is 1. The molecule has 2 rings (SSSR count). The van der Waals surface area contributed by atoms with E-state index in [2.05, 4.69) is 4.98 Å². The first-order valence-electron chi connectivity index (χ1n) is 4.67. The van der Waals surface area contributed by atoms with E-state index in [0.29, 0.717) is 6.42 Å². The molecule has 0 saturated heterocycles. The van der Waals surface area contributed by atoms with Gasteiger partial charge < -0.3 is 4.79 Å². The zero-order chi connectivity index (χ0) is 9.80. The molecule has 0 atom stereocenters. The Labute approximate surface area is 82.6 Å². The third-order valence-corrected chi connectivity index (χ3v) is 2.22. The zero-order valence-corrected chi connectivity index (χ0v) is 7.81. The summed E-state index contributed by atoms with van der Waals surface area (Å²) in [4.78, 5) is 14.5. The summed E-state index contributed by atoms with van der Waals surface area (Å²) in [6, 6.07) is 10.1. The molecule has 0 amide bonds. The Bertz CT molecular complexity index is 451. The third-order valence-electron chi connectivity index (χ3n) is 2.22. The van der Waals surface area contributed by atoms with Crippen LogP contribution in [-0.2, 0) is 11.2 Å². The largest absolute Gasteiger partial charge is 0.303 e. The van der Waals surface area contributed by atoms with Crippen molar-refractivity contribution >= 4 is 17.2 Å². The van der Waals surface area contributed by atoms with Crippen molar-refractivity contribution in [2.45, 2.75) is 12.8 Å². The number of benzene rings is 1. The van der Waals surface area contributed by atoms with Crippen LogP contribution in [0.15, 0.2) is 36.5 Å². The number of fused-ring (bicyclic) bond motifs is 1. The van der Waals surface area contributed by atoms with Crippen molar-refractivity contribution in [1.82, 2.24) is 4.98 Å². The van der Waals surface area contributed by atoms with Gasteiger partial charge in [0.1, 0.15) is 6.29 Å². The minimum absolute atomic E-state index is 0.582. The maximum atomic E-state index is 10.2. The molecule has 0 spiro atoms. The molecule has 0 aliphatic rings. The fourth-order valence-electron chi connectivity index (χ4n) is 1.49. The van der Waals surface area contributed by atoms with Gasteiger partial charge in [0.05, 0.1) is 5.52 Å². The van der Waals surface area contributed by atoms with Crippen LogP contribution >= 0.6 is 0 Å². The topological polar surface area (TPSA) is 30.0 Å². The van der Waals surface area contributed by atoms with E-state index in [1.54, 1.807) is 6.20 Å². The van der Waals surface area contributed by atoms with Crippen LogP contribution in [0.4, 0.5) is 0 Å². The highest BCUT2D eigenvalue weighted by Gasteiger charge is 1.96. The van der Waals surface area contributed by atoms with Gasteiger partial charge in [-0.05, 0) is 24.1 Å². The Kier molecular flexibility index (Phi) is 2.54. The van der Waals surface area contributed by atoms with Crippen molar-refractivity contribution in [2.75, 3.05) is 0 Å². The standard InChI is InChI=1S/C12H11NO/c14-8-2-3-10-5-6-11-4-1-7-13-12(11)9-10/h1,4-9H,2-3H2. The second-order valence-electron chi connectivity index (χ2n) is 3.24. The van der Waals surface area contributed by atoms with E-state index in [9.17, 15) is 4.79 Å². The summed E-state index contributed by atoms with van der Waals surface area (Å²) >= 11 is 0. The van der Waals surface area contributed by atoms with E-state index in [-0.39, 0.29) is 0 Å². The van der Waals surface area contributed by atoms with E-state index in [0.717, 1.165) is 23.6 Å². The number of aryl methyl sites for hydroxylation is 1. The molecule has 2 aromatic rings. The van der Waals surface area contributed by atoms with Crippen LogP contribution in [-0.4, -0.2) is 11.3 Å². The van der Waals surface area contributed by atoms with Gasteiger partial charge in [0.15, 0.2) is 0 Å². The van der Waals surface area contributed by atoms with Gasteiger partial charge >= 0.3 is 0 Å². The molecule has 1 heterocycles. The first-order chi connectivity index (χ1) is 6.90. The van der Waals surface area contributed by atoms with Crippen LogP contribution in [0, 0.1) is 0 Å². The second-order valence-corrected chi connectivity index (χ2v) is 3.24. The van der Waals surface area contributed by atoms with E-state index in [4.69, 9.17) is 0 Å². The monoisotopic (exact) mass is 185 g/mol. The van der Waals surface area contributed by atoms with Crippen LogP contribution in [0.25, 0.3) is 10.9 Å². The summed E-state index contributed by atoms with van der Waals surface area (Å²) in [5.41, 5.74) is 2.17. The van der Waals surface area contributed by atoms with Crippen molar-refractivity contribution < 1.29 is 4.79 Å². The predicted octanol–water partition coefficient (Wildman–Crippen LogP) is 2.37. The molecule has 14 heavy (non-hydrogen) atoms. The summed E-state index contributed by atoms with van der Waals surface area (Å²) in [6.07, 6.45) is 4.11. The lowest BCUT2D eigenvalue weighted by molar-refractivity contribution is -0.107. The molecule has 0 fully saturated rings. The molecule has 1 aromatic heterocycles. The van der Waals surface area contributed by atoms with Gasteiger partial charge in [-0.1, -0.05) is 18.2 Å². The molecular weight excluding hydrogens is 174 g/mol. The van der Waals surface area contributed by atoms with Crippen molar-refractivity contribution in [2.24, 2.45) is 0 Å². The molecule has 0 aliphatic carbocycles. The maximum Gasteiger partial charge on any atom is 0.120 e. The number of carbonyl (C=O) groups excluding carboxylic acids is 1. The summed E-state index contributed by atoms with van der Waals surface area (Å²) in [6.45, 7) is 0. The Morgan fingerprint density at radius 2 is 2.21 bits per heavy atom. The second kappa shape index (κ2) is 4.01. The Morgan fingerprint density at radius 3 is 3.07 bits per heavy atom.